The van der Waals surface area contributed by atoms with E-state index in [1.165, 1.54) is 35.9 Å². The van der Waals surface area contributed by atoms with E-state index in [-0.39, 0.29) is 28.8 Å². The van der Waals surface area contributed by atoms with Gasteiger partial charge in [0.15, 0.2) is 29.8 Å². The van der Waals surface area contributed by atoms with Crippen LogP contribution in [0.1, 0.15) is 19.5 Å². The fourth-order valence-electron chi connectivity index (χ4n) is 4.08. The second-order valence-electron chi connectivity index (χ2n) is 9.39. The molecule has 0 saturated carbocycles. The van der Waals surface area contributed by atoms with Gasteiger partial charge in [0, 0.05) is 28.2 Å². The van der Waals surface area contributed by atoms with E-state index < -0.39 is 40.8 Å². The molecule has 0 spiro atoms. The monoisotopic (exact) mass is 603 g/mol. The maximum atomic E-state index is 13.2. The molecule has 5 rings (SSSR count). The zero-order valence-electron chi connectivity index (χ0n) is 21.1. The molecule has 0 aliphatic carbocycles. The SMILES string of the molecule is CC(C)(O/N=C(\C(=O)NC1C(=O)N2C(C(=O)O)=C(C[n+]3ccc4ccsc4c3)CS[C@H]12)c1csc(N)n1)C(=O)O. The van der Waals surface area contributed by atoms with Crippen LogP contribution in [0.4, 0.5) is 5.13 Å². The van der Waals surface area contributed by atoms with Gasteiger partial charge in [-0.05, 0) is 25.3 Å². The number of pyridine rings is 1. The van der Waals surface area contributed by atoms with Crippen molar-refractivity contribution >= 4 is 79.1 Å². The number of thiazole rings is 1. The molecule has 1 saturated heterocycles. The zero-order valence-corrected chi connectivity index (χ0v) is 23.5. The molecule has 2 aliphatic rings. The number of nitrogens with two attached hydrogens (primary N) is 1. The van der Waals surface area contributed by atoms with E-state index in [1.54, 1.807) is 11.3 Å². The Kier molecular flexibility index (Phi) is 7.24. The number of aromatic nitrogens is 2. The Morgan fingerprint density at radius 3 is 2.75 bits per heavy atom. The molecule has 13 nitrogen and oxygen atoms in total. The second kappa shape index (κ2) is 10.5. The number of aliphatic carboxylic acids is 2. The summed E-state index contributed by atoms with van der Waals surface area (Å²) in [7, 11) is 0. The van der Waals surface area contributed by atoms with E-state index in [0.29, 0.717) is 11.3 Å². The van der Waals surface area contributed by atoms with Gasteiger partial charge in [-0.1, -0.05) is 5.16 Å². The Morgan fingerprint density at radius 1 is 1.30 bits per heavy atom. The van der Waals surface area contributed by atoms with Gasteiger partial charge >= 0.3 is 11.9 Å². The van der Waals surface area contributed by atoms with Gasteiger partial charge in [-0.15, -0.1) is 34.4 Å². The van der Waals surface area contributed by atoms with Crippen LogP contribution in [-0.2, 0) is 30.6 Å². The summed E-state index contributed by atoms with van der Waals surface area (Å²) in [4.78, 5) is 60.4. The van der Waals surface area contributed by atoms with Crippen molar-refractivity contribution in [2.75, 3.05) is 11.5 Å². The largest absolute Gasteiger partial charge is 0.478 e. The number of hydrogen-bond donors (Lipinski definition) is 4. The summed E-state index contributed by atoms with van der Waals surface area (Å²) < 4.78 is 2.93. The van der Waals surface area contributed by atoms with Crippen molar-refractivity contribution < 1.29 is 38.8 Å². The molecule has 0 aromatic carbocycles. The Hall–Kier alpha value is -4.02. The van der Waals surface area contributed by atoms with Crippen LogP contribution in [-0.4, -0.2) is 72.3 Å². The molecule has 208 valence electrons. The molecule has 0 radical (unpaired) electrons. The Bertz CT molecular complexity index is 1610. The minimum absolute atomic E-state index is 0.0363. The van der Waals surface area contributed by atoms with Crippen LogP contribution < -0.4 is 15.6 Å². The lowest BCUT2D eigenvalue weighted by Gasteiger charge is -2.49. The summed E-state index contributed by atoms with van der Waals surface area (Å²) in [5.41, 5.74) is 4.06. The second-order valence-corrected chi connectivity index (χ2v) is 12.3. The highest BCUT2D eigenvalue weighted by molar-refractivity contribution is 8.00. The molecule has 1 fully saturated rings. The van der Waals surface area contributed by atoms with E-state index in [0.717, 1.165) is 21.4 Å². The van der Waals surface area contributed by atoms with E-state index in [1.807, 2.05) is 34.5 Å². The first kappa shape index (κ1) is 27.5. The lowest BCUT2D eigenvalue weighted by atomic mass is 10.0. The van der Waals surface area contributed by atoms with Crippen LogP contribution in [0.2, 0.25) is 0 Å². The number of carboxylic acid groups (broad SMARTS) is 2. The smallest absolute Gasteiger partial charge is 0.352 e. The first-order chi connectivity index (χ1) is 19.0. The predicted octanol–water partition coefficient (Wildman–Crippen LogP) is 1.25. The highest BCUT2D eigenvalue weighted by atomic mass is 32.2. The van der Waals surface area contributed by atoms with Gasteiger partial charge in [0.1, 0.15) is 22.8 Å². The van der Waals surface area contributed by atoms with Crippen LogP contribution in [0.15, 0.2) is 51.7 Å². The number of carbonyl (C=O) groups excluding carboxylic acids is 2. The third kappa shape index (κ3) is 5.12. The van der Waals surface area contributed by atoms with Gasteiger partial charge < -0.3 is 26.1 Å². The van der Waals surface area contributed by atoms with Gasteiger partial charge in [0.25, 0.3) is 11.8 Å². The summed E-state index contributed by atoms with van der Waals surface area (Å²) in [5, 5.41) is 29.6. The summed E-state index contributed by atoms with van der Waals surface area (Å²) in [6, 6.07) is 2.90. The normalized spacial score (nSPS) is 19.3. The van der Waals surface area contributed by atoms with Crippen molar-refractivity contribution in [3.8, 4) is 0 Å². The van der Waals surface area contributed by atoms with Crippen LogP contribution in [0.25, 0.3) is 10.1 Å². The van der Waals surface area contributed by atoms with Crippen LogP contribution in [0.3, 0.4) is 0 Å². The summed E-state index contributed by atoms with van der Waals surface area (Å²) in [6.45, 7) is 2.79. The van der Waals surface area contributed by atoms with Crippen molar-refractivity contribution in [3.05, 3.63) is 52.3 Å². The molecule has 3 aromatic rings. The van der Waals surface area contributed by atoms with E-state index >= 15 is 0 Å². The molecule has 2 aliphatic heterocycles. The lowest BCUT2D eigenvalue weighted by Crippen LogP contribution is -2.71. The van der Waals surface area contributed by atoms with Crippen LogP contribution in [0.5, 0.6) is 0 Å². The topological polar surface area (TPSA) is 188 Å². The van der Waals surface area contributed by atoms with Crippen LogP contribution >= 0.6 is 34.4 Å². The van der Waals surface area contributed by atoms with Crippen molar-refractivity contribution in [1.29, 1.82) is 0 Å². The minimum Gasteiger partial charge on any atom is -0.478 e. The van der Waals surface area contributed by atoms with Gasteiger partial charge in [0.05, 0.1) is 4.70 Å². The Labute approximate surface area is 238 Å². The average molecular weight is 604 g/mol. The molecule has 2 atom stereocenters. The molecular weight excluding hydrogens is 581 g/mol. The maximum Gasteiger partial charge on any atom is 0.352 e. The number of carbonyl (C=O) groups is 4. The number of fused-ring (bicyclic) bond motifs is 2. The van der Waals surface area contributed by atoms with Gasteiger partial charge in [-0.3, -0.25) is 14.5 Å². The van der Waals surface area contributed by atoms with Crippen molar-refractivity contribution in [3.63, 3.8) is 0 Å². The number of thiophene rings is 1. The number of thioether (sulfide) groups is 1. The summed E-state index contributed by atoms with van der Waals surface area (Å²) >= 11 is 3.94. The van der Waals surface area contributed by atoms with E-state index in [2.05, 4.69) is 15.5 Å². The molecular formula is C24H23N6O7S3+. The van der Waals surface area contributed by atoms with E-state index in [4.69, 9.17) is 10.6 Å². The molecule has 40 heavy (non-hydrogen) atoms. The molecule has 0 bridgehead atoms. The molecule has 1 unspecified atom stereocenters. The quantitative estimate of drug-likeness (QED) is 0.120. The molecule has 3 aromatic heterocycles. The number of amides is 2. The molecule has 2 amide bonds. The predicted molar refractivity (Wildman–Crippen MR) is 148 cm³/mol. The number of rotatable bonds is 9. The number of nitrogens with one attached hydrogen (secondary N) is 1. The van der Waals surface area contributed by atoms with Crippen LogP contribution in [0, 0.1) is 0 Å². The summed E-state index contributed by atoms with van der Waals surface area (Å²) in [6.07, 6.45) is 3.79. The van der Waals surface area contributed by atoms with Crippen molar-refractivity contribution in [1.82, 2.24) is 15.2 Å². The number of β-lactam (4-membered cyclic amide) rings is 1. The fourth-order valence-corrected chi connectivity index (χ4v) is 6.79. The minimum atomic E-state index is -1.75. The van der Waals surface area contributed by atoms with Crippen molar-refractivity contribution in [2.24, 2.45) is 5.16 Å². The third-order valence-electron chi connectivity index (χ3n) is 6.23. The highest BCUT2D eigenvalue weighted by Gasteiger charge is 2.55. The zero-order chi connectivity index (χ0) is 28.8. The third-order valence-corrected chi connectivity index (χ3v) is 9.11. The fraction of sp³-hybridized carbons (Fsp3) is 0.292. The van der Waals surface area contributed by atoms with Gasteiger partial charge in [0.2, 0.25) is 5.60 Å². The maximum absolute atomic E-state index is 13.2. The molecule has 16 heteroatoms. The number of nitrogens with zero attached hydrogens (tertiary/aromatic N) is 4. The summed E-state index contributed by atoms with van der Waals surface area (Å²) in [5.74, 6) is -3.66. The van der Waals surface area contributed by atoms with Gasteiger partial charge in [-0.25, -0.2) is 14.6 Å². The first-order valence-corrected chi connectivity index (χ1v) is 14.5. The number of carboxylic acids is 2. The lowest BCUT2D eigenvalue weighted by molar-refractivity contribution is -0.687. The van der Waals surface area contributed by atoms with Gasteiger partial charge in [-0.2, -0.15) is 4.57 Å². The Morgan fingerprint density at radius 2 is 2.08 bits per heavy atom. The molecule has 5 N–H and O–H groups in total. The van der Waals surface area contributed by atoms with E-state index in [9.17, 15) is 29.4 Å². The number of oxime groups is 1. The highest BCUT2D eigenvalue weighted by Crippen LogP contribution is 2.40. The number of hydrogen-bond acceptors (Lipinski definition) is 11. The Balaban J connectivity index is 1.36. The number of nitrogen functional groups attached to an aromatic ring is 1. The number of anilines is 1. The van der Waals surface area contributed by atoms with Crippen molar-refractivity contribution in [2.45, 2.75) is 37.4 Å². The standard InChI is InChI=1S/C24H22N6O7S3/c1-24(2,22(35)36)37-28-15(13-10-40-23(25)26-13)18(31)27-16-19(32)30-17(21(33)34)12(9-39-20(16)30)7-29-5-3-11-4-6-38-14(11)8-29/h3-6,8,10,16,20H,7,9H2,1-2H3,(H4-,25,26,27,31,33,34,35,36)/p+1/b28-15-/t16?,20-/m1/s1. The average Bonchev–Trinajstić information content (AvgIpc) is 3.55. The first-order valence-electron chi connectivity index (χ1n) is 11.7. The molecule has 5 heterocycles.